The second kappa shape index (κ2) is 4.67. The quantitative estimate of drug-likeness (QED) is 0.765. The van der Waals surface area contributed by atoms with Gasteiger partial charge in [-0.15, -0.1) is 5.10 Å². The van der Waals surface area contributed by atoms with Gasteiger partial charge in [0.1, 0.15) is 11.5 Å². The molecule has 0 atom stereocenters. The molecule has 0 saturated heterocycles. The molecule has 2 heterocycles. The van der Waals surface area contributed by atoms with E-state index in [-0.39, 0.29) is 17.3 Å². The summed E-state index contributed by atoms with van der Waals surface area (Å²) in [6.07, 6.45) is 3.62. The Morgan fingerprint density at radius 3 is 2.75 bits per heavy atom. The van der Waals surface area contributed by atoms with Crippen LogP contribution in [0.1, 0.15) is 46.1 Å². The summed E-state index contributed by atoms with van der Waals surface area (Å²) in [5.41, 5.74) is -0.365. The molecule has 2 aromatic rings. The standard InChI is InChI=1S/C11H11N5O3S/c17-8(7-5-20-16-15-7)14-11(2-1-3-11)10-12-4-6(13-10)9(18)19/h4-5H,1-3H2,(H,12,13)(H,14,17)(H,18,19). The van der Waals surface area contributed by atoms with E-state index in [0.29, 0.717) is 18.7 Å². The molecule has 1 amide bonds. The van der Waals surface area contributed by atoms with Crippen molar-refractivity contribution in [3.8, 4) is 0 Å². The molecule has 0 aliphatic heterocycles. The summed E-state index contributed by atoms with van der Waals surface area (Å²) in [6.45, 7) is 0. The number of imidazole rings is 1. The van der Waals surface area contributed by atoms with Crippen LogP contribution in [0.15, 0.2) is 11.6 Å². The van der Waals surface area contributed by atoms with Gasteiger partial charge in [-0.25, -0.2) is 9.78 Å². The fraction of sp³-hybridized carbons (Fsp3) is 0.364. The largest absolute Gasteiger partial charge is 0.477 e. The topological polar surface area (TPSA) is 121 Å². The Bertz CT molecular complexity index is 647. The van der Waals surface area contributed by atoms with Crippen LogP contribution in [0.4, 0.5) is 0 Å². The molecule has 0 radical (unpaired) electrons. The number of carbonyl (C=O) groups excluding carboxylic acids is 1. The molecule has 0 aromatic carbocycles. The number of H-pyrrole nitrogens is 1. The van der Waals surface area contributed by atoms with Crippen LogP contribution in [-0.2, 0) is 5.54 Å². The van der Waals surface area contributed by atoms with Gasteiger partial charge < -0.3 is 15.4 Å². The van der Waals surface area contributed by atoms with Crippen LogP contribution in [0.2, 0.25) is 0 Å². The molecule has 20 heavy (non-hydrogen) atoms. The summed E-state index contributed by atoms with van der Waals surface area (Å²) in [6, 6.07) is 0. The van der Waals surface area contributed by atoms with E-state index in [1.54, 1.807) is 5.38 Å². The normalized spacial score (nSPS) is 16.4. The van der Waals surface area contributed by atoms with E-state index in [1.165, 1.54) is 6.20 Å². The molecule has 2 aromatic heterocycles. The fourth-order valence-electron chi connectivity index (χ4n) is 2.17. The minimum Gasteiger partial charge on any atom is -0.477 e. The lowest BCUT2D eigenvalue weighted by Gasteiger charge is -2.40. The minimum atomic E-state index is -1.08. The maximum atomic E-state index is 12.1. The lowest BCUT2D eigenvalue weighted by molar-refractivity contribution is 0.0690. The average molecular weight is 293 g/mol. The number of hydrogen-bond donors (Lipinski definition) is 3. The zero-order valence-corrected chi connectivity index (χ0v) is 11.1. The van der Waals surface area contributed by atoms with Gasteiger partial charge in [0.15, 0.2) is 5.69 Å². The summed E-state index contributed by atoms with van der Waals surface area (Å²) >= 11 is 1.10. The highest BCUT2D eigenvalue weighted by Gasteiger charge is 2.43. The maximum absolute atomic E-state index is 12.1. The molecular weight excluding hydrogens is 282 g/mol. The third-order valence-corrected chi connectivity index (χ3v) is 3.92. The molecule has 104 valence electrons. The first-order chi connectivity index (χ1) is 9.61. The Balaban J connectivity index is 1.83. The summed E-state index contributed by atoms with van der Waals surface area (Å²) < 4.78 is 3.65. The van der Waals surface area contributed by atoms with E-state index in [1.807, 2.05) is 0 Å². The van der Waals surface area contributed by atoms with Crippen LogP contribution >= 0.6 is 11.5 Å². The van der Waals surface area contributed by atoms with Gasteiger partial charge in [-0.05, 0) is 30.8 Å². The Morgan fingerprint density at radius 2 is 2.25 bits per heavy atom. The SMILES string of the molecule is O=C(NC1(c2ncc(C(=O)O)[nH]2)CCC1)c1csnn1. The van der Waals surface area contributed by atoms with E-state index in [2.05, 4.69) is 24.9 Å². The number of carboxylic acid groups (broad SMARTS) is 1. The van der Waals surface area contributed by atoms with Crippen molar-refractivity contribution in [3.63, 3.8) is 0 Å². The highest BCUT2D eigenvalue weighted by atomic mass is 32.1. The number of rotatable bonds is 4. The number of carbonyl (C=O) groups is 2. The first-order valence-electron chi connectivity index (χ1n) is 5.99. The molecule has 3 rings (SSSR count). The van der Waals surface area contributed by atoms with Crippen LogP contribution in [-0.4, -0.2) is 36.5 Å². The second-order valence-electron chi connectivity index (χ2n) is 4.63. The van der Waals surface area contributed by atoms with Gasteiger partial charge in [0.05, 0.1) is 11.7 Å². The predicted molar refractivity (Wildman–Crippen MR) is 68.5 cm³/mol. The van der Waals surface area contributed by atoms with Gasteiger partial charge in [0, 0.05) is 5.38 Å². The summed E-state index contributed by atoms with van der Waals surface area (Å²) in [4.78, 5) is 29.8. The van der Waals surface area contributed by atoms with Crippen molar-refractivity contribution in [2.75, 3.05) is 0 Å². The molecule has 9 heteroatoms. The lowest BCUT2D eigenvalue weighted by Crippen LogP contribution is -2.51. The first-order valence-corrected chi connectivity index (χ1v) is 6.83. The Hall–Kier alpha value is -2.29. The summed E-state index contributed by atoms with van der Waals surface area (Å²) in [5.74, 6) is -0.933. The number of aromatic amines is 1. The maximum Gasteiger partial charge on any atom is 0.353 e. The van der Waals surface area contributed by atoms with Crippen molar-refractivity contribution in [1.29, 1.82) is 0 Å². The molecule has 3 N–H and O–H groups in total. The van der Waals surface area contributed by atoms with Gasteiger partial charge in [-0.1, -0.05) is 4.49 Å². The third-order valence-electron chi connectivity index (χ3n) is 3.41. The Labute approximate surface area is 117 Å². The van der Waals surface area contributed by atoms with Crippen LogP contribution in [0.5, 0.6) is 0 Å². The number of aromatic nitrogens is 4. The van der Waals surface area contributed by atoms with Crippen molar-refractivity contribution < 1.29 is 14.7 Å². The highest BCUT2D eigenvalue weighted by molar-refractivity contribution is 7.03. The van der Waals surface area contributed by atoms with Gasteiger partial charge in [-0.2, -0.15) is 0 Å². The van der Waals surface area contributed by atoms with E-state index >= 15 is 0 Å². The number of carboxylic acids is 1. The second-order valence-corrected chi connectivity index (χ2v) is 5.24. The number of nitrogens with zero attached hydrogens (tertiary/aromatic N) is 3. The van der Waals surface area contributed by atoms with Crippen LogP contribution in [0, 0.1) is 0 Å². The van der Waals surface area contributed by atoms with E-state index in [4.69, 9.17) is 5.11 Å². The van der Waals surface area contributed by atoms with Crippen molar-refractivity contribution >= 4 is 23.4 Å². The van der Waals surface area contributed by atoms with Crippen molar-refractivity contribution in [2.24, 2.45) is 0 Å². The molecular formula is C11H11N5O3S. The highest BCUT2D eigenvalue weighted by Crippen LogP contribution is 2.39. The van der Waals surface area contributed by atoms with Crippen LogP contribution in [0.25, 0.3) is 0 Å². The van der Waals surface area contributed by atoms with Gasteiger partial charge >= 0.3 is 5.97 Å². The van der Waals surface area contributed by atoms with Crippen molar-refractivity contribution in [2.45, 2.75) is 24.8 Å². The molecule has 1 aliphatic carbocycles. The zero-order chi connectivity index (χ0) is 14.2. The average Bonchev–Trinajstić information content (AvgIpc) is 3.03. The van der Waals surface area contributed by atoms with Gasteiger partial charge in [0.25, 0.3) is 5.91 Å². The minimum absolute atomic E-state index is 0.0100. The smallest absolute Gasteiger partial charge is 0.353 e. The molecule has 1 saturated carbocycles. The van der Waals surface area contributed by atoms with E-state index < -0.39 is 11.5 Å². The van der Waals surface area contributed by atoms with Crippen molar-refractivity contribution in [3.05, 3.63) is 28.8 Å². The fourth-order valence-corrected chi connectivity index (χ4v) is 2.61. The monoisotopic (exact) mass is 293 g/mol. The molecule has 8 nitrogen and oxygen atoms in total. The molecule has 0 unspecified atom stereocenters. The lowest BCUT2D eigenvalue weighted by atomic mass is 9.76. The number of nitrogens with one attached hydrogen (secondary N) is 2. The molecule has 1 aliphatic rings. The molecule has 0 bridgehead atoms. The van der Waals surface area contributed by atoms with Crippen molar-refractivity contribution in [1.82, 2.24) is 24.9 Å². The zero-order valence-electron chi connectivity index (χ0n) is 10.3. The van der Waals surface area contributed by atoms with Gasteiger partial charge in [0.2, 0.25) is 0 Å². The molecule has 1 fully saturated rings. The number of aromatic carboxylic acids is 1. The third kappa shape index (κ3) is 2.05. The van der Waals surface area contributed by atoms with Gasteiger partial charge in [-0.3, -0.25) is 4.79 Å². The number of hydrogen-bond acceptors (Lipinski definition) is 6. The summed E-state index contributed by atoms with van der Waals surface area (Å²) in [7, 11) is 0. The van der Waals surface area contributed by atoms with E-state index in [9.17, 15) is 9.59 Å². The van der Waals surface area contributed by atoms with Crippen LogP contribution in [0.3, 0.4) is 0 Å². The predicted octanol–water partition coefficient (Wildman–Crippen LogP) is 0.769. The van der Waals surface area contributed by atoms with Crippen LogP contribution < -0.4 is 5.32 Å². The van der Waals surface area contributed by atoms with E-state index in [0.717, 1.165) is 18.0 Å². The summed E-state index contributed by atoms with van der Waals surface area (Å²) in [5, 5.41) is 17.1. The molecule has 0 spiro atoms. The Kier molecular flexibility index (Phi) is 2.97. The first kappa shape index (κ1) is 12.7. The number of amides is 1. The Morgan fingerprint density at radius 1 is 1.45 bits per heavy atom.